The molecule has 0 spiro atoms. The van der Waals surface area contributed by atoms with Crippen LogP contribution in [-0.2, 0) is 12.8 Å². The maximum absolute atomic E-state index is 13.0. The Morgan fingerprint density at radius 3 is 2.60 bits per heavy atom. The molecule has 0 atom stereocenters. The third kappa shape index (κ3) is 2.46. The maximum atomic E-state index is 13.0. The van der Waals surface area contributed by atoms with Gasteiger partial charge in [0.1, 0.15) is 11.5 Å². The number of benzene rings is 2. The summed E-state index contributed by atoms with van der Waals surface area (Å²) < 4.78 is 31.6. The summed E-state index contributed by atoms with van der Waals surface area (Å²) in [5.41, 5.74) is 8.24. The number of nitrogens with two attached hydrogens (primary N) is 1. The van der Waals surface area contributed by atoms with Crippen molar-refractivity contribution in [1.82, 2.24) is 0 Å². The Kier molecular flexibility index (Phi) is 3.30. The van der Waals surface area contributed by atoms with Gasteiger partial charge in [-0.2, -0.15) is 0 Å². The number of ether oxygens (including phenoxy) is 1. The Labute approximate surface area is 116 Å². The van der Waals surface area contributed by atoms with E-state index in [1.54, 1.807) is 6.07 Å². The number of anilines is 1. The molecule has 0 saturated heterocycles. The largest absolute Gasteiger partial charge is 0.457 e. The Hall–Kier alpha value is -2.10. The van der Waals surface area contributed by atoms with Crippen molar-refractivity contribution in [1.29, 1.82) is 0 Å². The molecule has 0 amide bonds. The molecule has 104 valence electrons. The maximum Gasteiger partial charge on any atom is 0.267 e. The standard InChI is InChI=1S/C16H15F2NO/c17-16(18)14-9-12(19)5-7-15(14)20-13-6-4-10-2-1-3-11(10)8-13/h4-9,16H,1-3,19H2. The summed E-state index contributed by atoms with van der Waals surface area (Å²) >= 11 is 0. The van der Waals surface area contributed by atoms with E-state index in [1.807, 2.05) is 18.2 Å². The highest BCUT2D eigenvalue weighted by Gasteiger charge is 2.16. The van der Waals surface area contributed by atoms with E-state index in [0.717, 1.165) is 19.3 Å². The first-order valence-corrected chi connectivity index (χ1v) is 6.61. The molecule has 2 nitrogen and oxygen atoms in total. The highest BCUT2D eigenvalue weighted by molar-refractivity contribution is 5.50. The molecule has 20 heavy (non-hydrogen) atoms. The number of halogens is 2. The number of hydrogen-bond acceptors (Lipinski definition) is 2. The second-order valence-corrected chi connectivity index (χ2v) is 4.98. The molecule has 4 heteroatoms. The van der Waals surface area contributed by atoms with Crippen LogP contribution >= 0.6 is 0 Å². The van der Waals surface area contributed by atoms with E-state index in [2.05, 4.69) is 0 Å². The van der Waals surface area contributed by atoms with Crippen LogP contribution in [0.2, 0.25) is 0 Å². The van der Waals surface area contributed by atoms with Crippen molar-refractivity contribution >= 4 is 5.69 Å². The minimum absolute atomic E-state index is 0.159. The second-order valence-electron chi connectivity index (χ2n) is 4.98. The van der Waals surface area contributed by atoms with Gasteiger partial charge in [-0.15, -0.1) is 0 Å². The van der Waals surface area contributed by atoms with Crippen LogP contribution in [0.3, 0.4) is 0 Å². The topological polar surface area (TPSA) is 35.2 Å². The lowest BCUT2D eigenvalue weighted by Crippen LogP contribution is -1.95. The van der Waals surface area contributed by atoms with Gasteiger partial charge in [0.25, 0.3) is 6.43 Å². The molecule has 1 aliphatic carbocycles. The summed E-state index contributed by atoms with van der Waals surface area (Å²) in [7, 11) is 0. The predicted octanol–water partition coefficient (Wildman–Crippen LogP) is 4.49. The molecule has 2 N–H and O–H groups in total. The van der Waals surface area contributed by atoms with E-state index in [-0.39, 0.29) is 11.3 Å². The predicted molar refractivity (Wildman–Crippen MR) is 74.4 cm³/mol. The molecule has 0 fully saturated rings. The van der Waals surface area contributed by atoms with Crippen LogP contribution < -0.4 is 10.5 Å². The molecular formula is C16H15F2NO. The number of aryl methyl sites for hydroxylation is 2. The van der Waals surface area contributed by atoms with Gasteiger partial charge in [-0.3, -0.25) is 0 Å². The molecular weight excluding hydrogens is 260 g/mol. The minimum atomic E-state index is -2.61. The van der Waals surface area contributed by atoms with Gasteiger partial charge in [0.2, 0.25) is 0 Å². The summed E-state index contributed by atoms with van der Waals surface area (Å²) in [4.78, 5) is 0. The first-order valence-electron chi connectivity index (χ1n) is 6.61. The van der Waals surface area contributed by atoms with Crippen molar-refractivity contribution < 1.29 is 13.5 Å². The fourth-order valence-corrected chi connectivity index (χ4v) is 2.57. The van der Waals surface area contributed by atoms with E-state index in [4.69, 9.17) is 10.5 Å². The van der Waals surface area contributed by atoms with Crippen molar-refractivity contribution in [3.63, 3.8) is 0 Å². The molecule has 0 heterocycles. The molecule has 2 aromatic rings. The zero-order chi connectivity index (χ0) is 14.1. The molecule has 1 aliphatic rings. The quantitative estimate of drug-likeness (QED) is 0.838. The average Bonchev–Trinajstić information content (AvgIpc) is 2.88. The van der Waals surface area contributed by atoms with Crippen molar-refractivity contribution in [3.8, 4) is 11.5 Å². The Bertz CT molecular complexity index is 640. The molecule has 0 aromatic heterocycles. The summed E-state index contributed by atoms with van der Waals surface area (Å²) in [6.07, 6.45) is 0.640. The van der Waals surface area contributed by atoms with E-state index in [0.29, 0.717) is 11.4 Å². The van der Waals surface area contributed by atoms with Gasteiger partial charge in [-0.05, 0) is 60.7 Å². The van der Waals surface area contributed by atoms with Crippen LogP contribution in [0.15, 0.2) is 36.4 Å². The van der Waals surface area contributed by atoms with Crippen LogP contribution in [-0.4, -0.2) is 0 Å². The number of alkyl halides is 2. The Morgan fingerprint density at radius 1 is 1.00 bits per heavy atom. The zero-order valence-corrected chi connectivity index (χ0v) is 10.9. The lowest BCUT2D eigenvalue weighted by atomic mass is 10.1. The molecule has 0 saturated carbocycles. The minimum Gasteiger partial charge on any atom is -0.457 e. The lowest BCUT2D eigenvalue weighted by molar-refractivity contribution is 0.148. The van der Waals surface area contributed by atoms with Crippen LogP contribution in [0.1, 0.15) is 29.5 Å². The number of rotatable bonds is 3. The Balaban J connectivity index is 1.91. The van der Waals surface area contributed by atoms with Gasteiger partial charge in [0.15, 0.2) is 0 Å². The van der Waals surface area contributed by atoms with E-state index < -0.39 is 6.43 Å². The van der Waals surface area contributed by atoms with Gasteiger partial charge < -0.3 is 10.5 Å². The third-order valence-electron chi connectivity index (χ3n) is 3.57. The fraction of sp³-hybridized carbons (Fsp3) is 0.250. The summed E-state index contributed by atoms with van der Waals surface area (Å²) in [6.45, 7) is 0. The normalized spacial score (nSPS) is 13.6. The third-order valence-corrected chi connectivity index (χ3v) is 3.57. The smallest absolute Gasteiger partial charge is 0.267 e. The van der Waals surface area contributed by atoms with Gasteiger partial charge in [-0.1, -0.05) is 6.07 Å². The van der Waals surface area contributed by atoms with Crippen LogP contribution in [0.5, 0.6) is 11.5 Å². The monoisotopic (exact) mass is 275 g/mol. The second kappa shape index (κ2) is 5.12. The summed E-state index contributed by atoms with van der Waals surface area (Å²) in [5.74, 6) is 0.754. The van der Waals surface area contributed by atoms with Crippen molar-refractivity contribution in [3.05, 3.63) is 53.1 Å². The van der Waals surface area contributed by atoms with Gasteiger partial charge in [0.05, 0.1) is 5.56 Å². The van der Waals surface area contributed by atoms with Crippen molar-refractivity contribution in [2.24, 2.45) is 0 Å². The van der Waals surface area contributed by atoms with Gasteiger partial charge in [0, 0.05) is 5.69 Å². The molecule has 0 aliphatic heterocycles. The molecule has 2 aromatic carbocycles. The van der Waals surface area contributed by atoms with E-state index in [9.17, 15) is 8.78 Å². The fourth-order valence-electron chi connectivity index (χ4n) is 2.57. The summed E-state index contributed by atoms with van der Waals surface area (Å²) in [6, 6.07) is 10.1. The number of fused-ring (bicyclic) bond motifs is 1. The molecule has 0 bridgehead atoms. The SMILES string of the molecule is Nc1ccc(Oc2ccc3c(c2)CCC3)c(C(F)F)c1. The average molecular weight is 275 g/mol. The first-order chi connectivity index (χ1) is 9.63. The van der Waals surface area contributed by atoms with Crippen molar-refractivity contribution in [2.45, 2.75) is 25.7 Å². The van der Waals surface area contributed by atoms with E-state index in [1.165, 1.54) is 23.3 Å². The van der Waals surface area contributed by atoms with Crippen LogP contribution in [0, 0.1) is 0 Å². The zero-order valence-electron chi connectivity index (χ0n) is 10.9. The van der Waals surface area contributed by atoms with Crippen molar-refractivity contribution in [2.75, 3.05) is 5.73 Å². The van der Waals surface area contributed by atoms with E-state index >= 15 is 0 Å². The van der Waals surface area contributed by atoms with Gasteiger partial charge >= 0.3 is 0 Å². The highest BCUT2D eigenvalue weighted by Crippen LogP contribution is 2.35. The molecule has 0 radical (unpaired) electrons. The Morgan fingerprint density at radius 2 is 1.80 bits per heavy atom. The van der Waals surface area contributed by atoms with Gasteiger partial charge in [-0.25, -0.2) is 8.78 Å². The number of nitrogen functional groups attached to an aromatic ring is 1. The summed E-state index contributed by atoms with van der Waals surface area (Å²) in [5, 5.41) is 0. The number of hydrogen-bond donors (Lipinski definition) is 1. The van der Waals surface area contributed by atoms with Crippen LogP contribution in [0.25, 0.3) is 0 Å². The molecule has 3 rings (SSSR count). The lowest BCUT2D eigenvalue weighted by Gasteiger charge is -2.12. The first kappa shape index (κ1) is 12.9. The molecule has 0 unspecified atom stereocenters. The van der Waals surface area contributed by atoms with Crippen LogP contribution in [0.4, 0.5) is 14.5 Å². The highest BCUT2D eigenvalue weighted by atomic mass is 19.3.